The highest BCUT2D eigenvalue weighted by molar-refractivity contribution is 5.84. The molecule has 0 spiro atoms. The third-order valence-corrected chi connectivity index (χ3v) is 5.30. The molecule has 0 fully saturated rings. The highest BCUT2D eigenvalue weighted by Gasteiger charge is 2.17. The molecule has 1 N–H and O–H groups in total. The van der Waals surface area contributed by atoms with Gasteiger partial charge in [0.05, 0.1) is 12.8 Å². The van der Waals surface area contributed by atoms with Crippen LogP contribution in [0.2, 0.25) is 0 Å². The number of nitrogens with zero attached hydrogens (tertiary/aromatic N) is 3. The highest BCUT2D eigenvalue weighted by atomic mass is 16.5. The Balaban J connectivity index is 1.55. The summed E-state index contributed by atoms with van der Waals surface area (Å²) in [6.45, 7) is 0.428. The van der Waals surface area contributed by atoms with E-state index in [0.29, 0.717) is 23.7 Å². The third-order valence-electron chi connectivity index (χ3n) is 5.30. The SMILES string of the molecule is COc1ccc(-c2cnc3nccn3c2-c2ccc(OCc3ccccc3)cc2O)cc1. The monoisotopic (exact) mass is 423 g/mol. The van der Waals surface area contributed by atoms with E-state index in [1.807, 2.05) is 77.3 Å². The van der Waals surface area contributed by atoms with Crippen molar-refractivity contribution in [3.05, 3.63) is 97.0 Å². The van der Waals surface area contributed by atoms with E-state index in [0.717, 1.165) is 28.1 Å². The van der Waals surface area contributed by atoms with Crippen LogP contribution in [0.1, 0.15) is 5.56 Å². The topological polar surface area (TPSA) is 68.9 Å². The molecular weight excluding hydrogens is 402 g/mol. The van der Waals surface area contributed by atoms with E-state index in [4.69, 9.17) is 9.47 Å². The molecule has 6 heteroatoms. The number of hydrogen-bond donors (Lipinski definition) is 1. The summed E-state index contributed by atoms with van der Waals surface area (Å²) in [5, 5.41) is 10.9. The Morgan fingerprint density at radius 2 is 1.66 bits per heavy atom. The molecule has 0 unspecified atom stereocenters. The predicted octanol–water partition coefficient (Wildman–Crippen LogP) is 5.36. The fraction of sp³-hybridized carbons (Fsp3) is 0.0769. The molecule has 0 aliphatic carbocycles. The van der Waals surface area contributed by atoms with Gasteiger partial charge < -0.3 is 14.6 Å². The summed E-state index contributed by atoms with van der Waals surface area (Å²) in [7, 11) is 1.64. The molecule has 5 aromatic rings. The quantitative estimate of drug-likeness (QED) is 0.398. The minimum absolute atomic E-state index is 0.117. The number of aromatic nitrogens is 3. The van der Waals surface area contributed by atoms with Gasteiger partial charge in [0, 0.05) is 35.8 Å². The summed E-state index contributed by atoms with van der Waals surface area (Å²) in [5.74, 6) is 2.04. The van der Waals surface area contributed by atoms with Gasteiger partial charge in [-0.15, -0.1) is 0 Å². The van der Waals surface area contributed by atoms with E-state index >= 15 is 0 Å². The van der Waals surface area contributed by atoms with Crippen LogP contribution in [0, 0.1) is 0 Å². The van der Waals surface area contributed by atoms with Crippen molar-refractivity contribution in [1.82, 2.24) is 14.4 Å². The molecule has 0 aliphatic heterocycles. The van der Waals surface area contributed by atoms with Crippen molar-refractivity contribution in [3.8, 4) is 39.6 Å². The number of ether oxygens (including phenoxy) is 2. The minimum atomic E-state index is 0.117. The van der Waals surface area contributed by atoms with Crippen LogP contribution in [-0.4, -0.2) is 26.6 Å². The van der Waals surface area contributed by atoms with Gasteiger partial charge in [0.15, 0.2) is 0 Å². The van der Waals surface area contributed by atoms with Gasteiger partial charge >= 0.3 is 0 Å². The van der Waals surface area contributed by atoms with Crippen LogP contribution < -0.4 is 9.47 Å². The molecule has 0 aliphatic rings. The molecule has 2 heterocycles. The Hall–Kier alpha value is -4.32. The lowest BCUT2D eigenvalue weighted by Gasteiger charge is -2.15. The zero-order valence-corrected chi connectivity index (χ0v) is 17.5. The Morgan fingerprint density at radius 3 is 2.41 bits per heavy atom. The van der Waals surface area contributed by atoms with Crippen LogP contribution in [-0.2, 0) is 6.61 Å². The number of rotatable bonds is 6. The third kappa shape index (κ3) is 3.74. The molecule has 0 saturated carbocycles. The summed E-state index contributed by atoms with van der Waals surface area (Å²) in [4.78, 5) is 8.77. The zero-order valence-electron chi connectivity index (χ0n) is 17.5. The molecule has 0 amide bonds. The van der Waals surface area contributed by atoms with Crippen molar-refractivity contribution < 1.29 is 14.6 Å². The molecule has 0 saturated heterocycles. The maximum absolute atomic E-state index is 10.9. The molecule has 3 aromatic carbocycles. The number of phenols is 1. The zero-order chi connectivity index (χ0) is 21.9. The van der Waals surface area contributed by atoms with Crippen molar-refractivity contribution in [2.45, 2.75) is 6.61 Å². The maximum Gasteiger partial charge on any atom is 0.234 e. The molecule has 32 heavy (non-hydrogen) atoms. The average molecular weight is 423 g/mol. The molecule has 0 bridgehead atoms. The molecule has 2 aromatic heterocycles. The van der Waals surface area contributed by atoms with Gasteiger partial charge in [0.25, 0.3) is 0 Å². The summed E-state index contributed by atoms with van der Waals surface area (Å²) in [6, 6.07) is 23.0. The smallest absolute Gasteiger partial charge is 0.234 e. The van der Waals surface area contributed by atoms with Gasteiger partial charge in [-0.05, 0) is 35.4 Å². The van der Waals surface area contributed by atoms with Crippen LogP contribution in [0.25, 0.3) is 28.2 Å². The normalized spacial score (nSPS) is 10.9. The van der Waals surface area contributed by atoms with E-state index in [2.05, 4.69) is 9.97 Å². The van der Waals surface area contributed by atoms with Gasteiger partial charge in [-0.1, -0.05) is 42.5 Å². The first-order valence-electron chi connectivity index (χ1n) is 10.2. The first kappa shape index (κ1) is 19.6. The lowest BCUT2D eigenvalue weighted by atomic mass is 9.99. The van der Waals surface area contributed by atoms with Crippen LogP contribution in [0.3, 0.4) is 0 Å². The number of fused-ring (bicyclic) bond motifs is 1. The van der Waals surface area contributed by atoms with Gasteiger partial charge in [-0.25, -0.2) is 9.97 Å². The molecule has 5 rings (SSSR count). The summed E-state index contributed by atoms with van der Waals surface area (Å²) >= 11 is 0. The van der Waals surface area contributed by atoms with Crippen LogP contribution in [0.5, 0.6) is 17.2 Å². The number of benzene rings is 3. The predicted molar refractivity (Wildman–Crippen MR) is 123 cm³/mol. The molecule has 6 nitrogen and oxygen atoms in total. The second-order valence-corrected chi connectivity index (χ2v) is 7.30. The standard InChI is InChI=1S/C26H21N3O3/c1-31-20-9-7-19(8-10-20)23-16-28-26-27-13-14-29(26)25(23)22-12-11-21(15-24(22)30)32-17-18-5-3-2-4-6-18/h2-16,30H,17H2,1H3. The molecule has 0 radical (unpaired) electrons. The van der Waals surface area contributed by atoms with E-state index in [1.165, 1.54) is 0 Å². The van der Waals surface area contributed by atoms with Crippen molar-refractivity contribution in [3.63, 3.8) is 0 Å². The lowest BCUT2D eigenvalue weighted by molar-refractivity contribution is 0.304. The van der Waals surface area contributed by atoms with E-state index in [-0.39, 0.29) is 5.75 Å². The molecule has 158 valence electrons. The van der Waals surface area contributed by atoms with E-state index < -0.39 is 0 Å². The van der Waals surface area contributed by atoms with Gasteiger partial charge in [-0.2, -0.15) is 0 Å². The van der Waals surface area contributed by atoms with Crippen LogP contribution in [0.15, 0.2) is 91.4 Å². The second kappa shape index (κ2) is 8.43. The second-order valence-electron chi connectivity index (χ2n) is 7.30. The largest absolute Gasteiger partial charge is 0.507 e. The number of methoxy groups -OCH3 is 1. The number of aromatic hydroxyl groups is 1. The van der Waals surface area contributed by atoms with Crippen LogP contribution in [0.4, 0.5) is 0 Å². The number of hydrogen-bond acceptors (Lipinski definition) is 5. The Labute approximate surface area is 185 Å². The highest BCUT2D eigenvalue weighted by Crippen LogP contribution is 2.38. The van der Waals surface area contributed by atoms with E-state index in [9.17, 15) is 5.11 Å². The van der Waals surface area contributed by atoms with Crippen molar-refractivity contribution in [2.24, 2.45) is 0 Å². The minimum Gasteiger partial charge on any atom is -0.507 e. The summed E-state index contributed by atoms with van der Waals surface area (Å²) in [6.07, 6.45) is 5.31. The van der Waals surface area contributed by atoms with Crippen molar-refractivity contribution in [2.75, 3.05) is 7.11 Å². The van der Waals surface area contributed by atoms with Crippen molar-refractivity contribution in [1.29, 1.82) is 0 Å². The number of imidazole rings is 1. The molecule has 0 atom stereocenters. The van der Waals surface area contributed by atoms with Crippen molar-refractivity contribution >= 4 is 5.78 Å². The summed E-state index contributed by atoms with van der Waals surface area (Å²) < 4.78 is 13.0. The fourth-order valence-electron chi connectivity index (χ4n) is 3.68. The van der Waals surface area contributed by atoms with Crippen LogP contribution >= 0.6 is 0 Å². The van der Waals surface area contributed by atoms with E-state index in [1.54, 1.807) is 25.6 Å². The fourth-order valence-corrected chi connectivity index (χ4v) is 3.68. The summed E-state index contributed by atoms with van der Waals surface area (Å²) in [5.41, 5.74) is 4.34. The molecular formula is C26H21N3O3. The Kier molecular flexibility index (Phi) is 5.17. The van der Waals surface area contributed by atoms with Gasteiger partial charge in [0.2, 0.25) is 5.78 Å². The number of phenolic OH excluding ortho intramolecular Hbond substituents is 1. The first-order valence-corrected chi connectivity index (χ1v) is 10.2. The Morgan fingerprint density at radius 1 is 0.875 bits per heavy atom. The average Bonchev–Trinajstić information content (AvgIpc) is 3.32. The Bertz CT molecular complexity index is 1360. The first-order chi connectivity index (χ1) is 15.7. The lowest BCUT2D eigenvalue weighted by Crippen LogP contribution is -1.99. The van der Waals surface area contributed by atoms with Gasteiger partial charge in [-0.3, -0.25) is 4.40 Å². The maximum atomic E-state index is 10.9. The van der Waals surface area contributed by atoms with Gasteiger partial charge in [0.1, 0.15) is 23.9 Å².